The fourth-order valence-electron chi connectivity index (χ4n) is 1.74. The van der Waals surface area contributed by atoms with E-state index in [4.69, 9.17) is 0 Å². The summed E-state index contributed by atoms with van der Waals surface area (Å²) in [6.07, 6.45) is 0. The average molecular weight is 371 g/mol. The van der Waals surface area contributed by atoms with E-state index in [9.17, 15) is 13.2 Å². The highest BCUT2D eigenvalue weighted by Crippen LogP contribution is 2.34. The molecule has 0 saturated heterocycles. The molecule has 1 heterocycles. The zero-order valence-electron chi connectivity index (χ0n) is 13.1. The number of nitrogens with zero attached hydrogens (tertiary/aromatic N) is 1. The number of carbonyl (C=O) groups is 1. The molecular weight excluding hydrogens is 352 g/mol. The second kappa shape index (κ2) is 7.48. The van der Waals surface area contributed by atoms with Crippen LogP contribution in [0.4, 0.5) is 0 Å². The van der Waals surface area contributed by atoms with Gasteiger partial charge in [0.15, 0.2) is 0 Å². The van der Waals surface area contributed by atoms with Gasteiger partial charge in [-0.05, 0) is 30.3 Å². The molecule has 1 N–H and O–H groups in total. The Kier molecular flexibility index (Phi) is 5.85. The normalized spacial score (nSPS) is 11.7. The van der Waals surface area contributed by atoms with E-state index in [-0.39, 0.29) is 10.8 Å². The first kappa shape index (κ1) is 18.0. The number of nitrogens with one attached hydrogen (secondary N) is 1. The van der Waals surface area contributed by atoms with Gasteiger partial charge in [-0.2, -0.15) is 0 Å². The minimum Gasteiger partial charge on any atom is -0.351 e. The lowest BCUT2D eigenvalue weighted by Crippen LogP contribution is -2.22. The summed E-state index contributed by atoms with van der Waals surface area (Å²) in [5.41, 5.74) is 0. The van der Waals surface area contributed by atoms with E-state index in [1.807, 2.05) is 18.2 Å². The summed E-state index contributed by atoms with van der Waals surface area (Å²) in [6.45, 7) is 2.00. The van der Waals surface area contributed by atoms with Crippen molar-refractivity contribution in [1.29, 1.82) is 0 Å². The summed E-state index contributed by atoms with van der Waals surface area (Å²) < 4.78 is 26.6. The van der Waals surface area contributed by atoms with Crippen molar-refractivity contribution in [3.63, 3.8) is 0 Å². The van der Waals surface area contributed by atoms with Gasteiger partial charge in [0, 0.05) is 30.8 Å². The molecule has 1 aromatic carbocycles. The molecule has 0 radical (unpaired) electrons. The number of hydrogen-bond donors (Lipinski definition) is 1. The Labute approximate surface area is 144 Å². The number of carbonyl (C=O) groups excluding carboxylic acids is 1. The minimum absolute atomic E-state index is 0.0609. The van der Waals surface area contributed by atoms with Crippen molar-refractivity contribution in [2.75, 3.05) is 14.1 Å². The van der Waals surface area contributed by atoms with Crippen LogP contribution in [0.25, 0.3) is 0 Å². The van der Waals surface area contributed by atoms with Gasteiger partial charge in [0.2, 0.25) is 15.9 Å². The first-order valence-corrected chi connectivity index (χ1v) is 9.90. The van der Waals surface area contributed by atoms with Crippen LogP contribution in [0, 0.1) is 0 Å². The lowest BCUT2D eigenvalue weighted by atomic mass is 10.4. The average Bonchev–Trinajstić information content (AvgIpc) is 2.93. The van der Waals surface area contributed by atoms with Gasteiger partial charge in [0.1, 0.15) is 0 Å². The Morgan fingerprint density at radius 1 is 1.26 bits per heavy atom. The molecule has 1 amide bonds. The van der Waals surface area contributed by atoms with E-state index < -0.39 is 10.0 Å². The second-order valence-electron chi connectivity index (χ2n) is 4.99. The van der Waals surface area contributed by atoms with Crippen LogP contribution in [0.3, 0.4) is 0 Å². The van der Waals surface area contributed by atoms with Crippen molar-refractivity contribution in [1.82, 2.24) is 9.62 Å². The van der Waals surface area contributed by atoms with E-state index in [0.717, 1.165) is 14.0 Å². The fourth-order valence-corrected chi connectivity index (χ4v) is 4.92. The van der Waals surface area contributed by atoms with Crippen LogP contribution in [0.5, 0.6) is 0 Å². The van der Waals surface area contributed by atoms with Crippen LogP contribution in [0.15, 0.2) is 50.4 Å². The monoisotopic (exact) mass is 370 g/mol. The molecule has 23 heavy (non-hydrogen) atoms. The van der Waals surface area contributed by atoms with Gasteiger partial charge in [-0.25, -0.2) is 12.7 Å². The van der Waals surface area contributed by atoms with Crippen molar-refractivity contribution in [3.8, 4) is 0 Å². The highest BCUT2D eigenvalue weighted by atomic mass is 32.2. The van der Waals surface area contributed by atoms with Gasteiger partial charge in [-0.15, -0.1) is 11.3 Å². The summed E-state index contributed by atoms with van der Waals surface area (Å²) in [5.74, 6) is -0.0609. The van der Waals surface area contributed by atoms with Gasteiger partial charge in [-0.1, -0.05) is 17.8 Å². The van der Waals surface area contributed by atoms with Crippen LogP contribution in [0.1, 0.15) is 11.8 Å². The Hall–Kier alpha value is -1.35. The number of thiophene rings is 1. The van der Waals surface area contributed by atoms with Crippen molar-refractivity contribution in [3.05, 3.63) is 41.3 Å². The van der Waals surface area contributed by atoms with E-state index in [2.05, 4.69) is 5.32 Å². The summed E-state index contributed by atoms with van der Waals surface area (Å²) in [4.78, 5) is 13.1. The molecule has 0 saturated carbocycles. The molecule has 0 aliphatic rings. The van der Waals surface area contributed by atoms with Gasteiger partial charge in [-0.3, -0.25) is 4.79 Å². The Morgan fingerprint density at radius 3 is 2.65 bits per heavy atom. The molecule has 0 spiro atoms. The molecule has 2 rings (SSSR count). The van der Waals surface area contributed by atoms with Gasteiger partial charge < -0.3 is 5.32 Å². The summed E-state index contributed by atoms with van der Waals surface area (Å²) in [6, 6.07) is 10.8. The maximum absolute atomic E-state index is 12.2. The van der Waals surface area contributed by atoms with Crippen LogP contribution >= 0.6 is 23.1 Å². The largest absolute Gasteiger partial charge is 0.351 e. The van der Waals surface area contributed by atoms with E-state index in [1.54, 1.807) is 29.5 Å². The standard InChI is InChI=1S/C15H18N2O3S3/c1-11(18)16-10-13-7-8-15(22-13)21-12-5-4-6-14(9-12)23(19,20)17(2)3/h4-9H,10H2,1-3H3,(H,16,18). The minimum atomic E-state index is -3.43. The third-order valence-electron chi connectivity index (χ3n) is 2.95. The molecule has 8 heteroatoms. The summed E-state index contributed by atoms with van der Waals surface area (Å²) >= 11 is 3.09. The Morgan fingerprint density at radius 2 is 2.00 bits per heavy atom. The smallest absolute Gasteiger partial charge is 0.242 e. The maximum atomic E-state index is 12.2. The number of amides is 1. The molecule has 0 aliphatic heterocycles. The quantitative estimate of drug-likeness (QED) is 0.849. The summed E-state index contributed by atoms with van der Waals surface area (Å²) in [7, 11) is -0.396. The molecule has 2 aromatic rings. The third kappa shape index (κ3) is 4.81. The first-order valence-electron chi connectivity index (χ1n) is 6.82. The first-order chi connectivity index (χ1) is 10.8. The third-order valence-corrected chi connectivity index (χ3v) is 6.97. The van der Waals surface area contributed by atoms with Crippen LogP contribution in [-0.2, 0) is 21.4 Å². The predicted molar refractivity (Wildman–Crippen MR) is 93.3 cm³/mol. The zero-order chi connectivity index (χ0) is 17.0. The lowest BCUT2D eigenvalue weighted by Gasteiger charge is -2.11. The Bertz CT molecular complexity index is 798. The summed E-state index contributed by atoms with van der Waals surface area (Å²) in [5, 5.41) is 2.76. The zero-order valence-corrected chi connectivity index (χ0v) is 15.5. The predicted octanol–water partition coefficient (Wildman–Crippen LogP) is 2.79. The molecule has 5 nitrogen and oxygen atoms in total. The molecule has 0 bridgehead atoms. The molecule has 124 valence electrons. The van der Waals surface area contributed by atoms with Crippen LogP contribution < -0.4 is 5.32 Å². The van der Waals surface area contributed by atoms with Gasteiger partial charge in [0.25, 0.3) is 0 Å². The maximum Gasteiger partial charge on any atom is 0.242 e. The van der Waals surface area contributed by atoms with Crippen LogP contribution in [-0.4, -0.2) is 32.7 Å². The second-order valence-corrected chi connectivity index (χ2v) is 9.69. The lowest BCUT2D eigenvalue weighted by molar-refractivity contribution is -0.119. The number of sulfonamides is 1. The molecule has 0 unspecified atom stereocenters. The molecule has 0 aliphatic carbocycles. The number of hydrogen-bond acceptors (Lipinski definition) is 5. The highest BCUT2D eigenvalue weighted by molar-refractivity contribution is 8.01. The van der Waals surface area contributed by atoms with Crippen molar-refractivity contribution < 1.29 is 13.2 Å². The van der Waals surface area contributed by atoms with Crippen molar-refractivity contribution >= 4 is 39.0 Å². The molecule has 1 aromatic heterocycles. The van der Waals surface area contributed by atoms with E-state index >= 15 is 0 Å². The SMILES string of the molecule is CC(=O)NCc1ccc(Sc2cccc(S(=O)(=O)N(C)C)c2)s1. The van der Waals surface area contributed by atoms with Crippen LogP contribution in [0.2, 0.25) is 0 Å². The topological polar surface area (TPSA) is 66.5 Å². The number of rotatable bonds is 6. The van der Waals surface area contributed by atoms with Gasteiger partial charge >= 0.3 is 0 Å². The highest BCUT2D eigenvalue weighted by Gasteiger charge is 2.17. The fraction of sp³-hybridized carbons (Fsp3) is 0.267. The number of benzene rings is 1. The molecular formula is C15H18N2O3S3. The van der Waals surface area contributed by atoms with Gasteiger partial charge in [0.05, 0.1) is 15.6 Å². The van der Waals surface area contributed by atoms with Crippen molar-refractivity contribution in [2.45, 2.75) is 27.5 Å². The molecule has 0 atom stereocenters. The molecule has 0 fully saturated rings. The van der Waals surface area contributed by atoms with Crippen molar-refractivity contribution in [2.24, 2.45) is 0 Å². The van der Waals surface area contributed by atoms with E-state index in [0.29, 0.717) is 6.54 Å². The Balaban J connectivity index is 2.14. The van der Waals surface area contributed by atoms with E-state index in [1.165, 1.54) is 37.1 Å².